The summed E-state index contributed by atoms with van der Waals surface area (Å²) >= 11 is 5.32. The van der Waals surface area contributed by atoms with E-state index in [0.717, 1.165) is 23.8 Å². The highest BCUT2D eigenvalue weighted by atomic mass is 32.1. The lowest BCUT2D eigenvalue weighted by molar-refractivity contribution is 0.481. The van der Waals surface area contributed by atoms with Crippen molar-refractivity contribution in [2.75, 3.05) is 16.8 Å². The Bertz CT molecular complexity index is 688. The Morgan fingerprint density at radius 2 is 2.29 bits per heavy atom. The first-order valence-corrected chi connectivity index (χ1v) is 8.72. The molecule has 1 aliphatic rings. The maximum Gasteiger partial charge on any atom is 0.231 e. The van der Waals surface area contributed by atoms with Gasteiger partial charge in [-0.25, -0.2) is 4.98 Å². The van der Waals surface area contributed by atoms with Gasteiger partial charge in [-0.1, -0.05) is 0 Å². The minimum Gasteiger partial charge on any atom is -0.467 e. The third-order valence-electron chi connectivity index (χ3n) is 4.17. The molecule has 2 aromatic heterocycles. The summed E-state index contributed by atoms with van der Waals surface area (Å²) in [6.07, 6.45) is 5.34. The second kappa shape index (κ2) is 7.61. The minimum atomic E-state index is 0.481. The summed E-state index contributed by atoms with van der Waals surface area (Å²) in [7, 11) is 0. The van der Waals surface area contributed by atoms with Crippen molar-refractivity contribution in [1.29, 1.82) is 0 Å². The van der Waals surface area contributed by atoms with Gasteiger partial charge in [-0.05, 0) is 57.5 Å². The van der Waals surface area contributed by atoms with E-state index in [2.05, 4.69) is 32.4 Å². The fourth-order valence-electron chi connectivity index (χ4n) is 2.92. The van der Waals surface area contributed by atoms with E-state index in [9.17, 15) is 0 Å². The first kappa shape index (κ1) is 16.7. The first-order chi connectivity index (χ1) is 11.6. The van der Waals surface area contributed by atoms with E-state index in [1.807, 2.05) is 25.1 Å². The molecule has 24 heavy (non-hydrogen) atoms. The predicted octanol–water partition coefficient (Wildman–Crippen LogP) is 3.24. The van der Waals surface area contributed by atoms with Crippen LogP contribution in [0.25, 0.3) is 0 Å². The number of hydrogen-bond donors (Lipinski definition) is 2. The van der Waals surface area contributed by atoms with Gasteiger partial charge in [-0.2, -0.15) is 4.98 Å². The second-order valence-electron chi connectivity index (χ2n) is 6.12. The molecule has 0 aromatic carbocycles. The third kappa shape index (κ3) is 4.23. The molecule has 1 atom stereocenters. The van der Waals surface area contributed by atoms with Gasteiger partial charge >= 0.3 is 0 Å². The summed E-state index contributed by atoms with van der Waals surface area (Å²) in [5.74, 6) is 2.32. The third-order valence-corrected chi connectivity index (χ3v) is 4.41. The molecule has 1 unspecified atom stereocenters. The molecular formula is C17H23N5OS. The van der Waals surface area contributed by atoms with Crippen LogP contribution in [0.5, 0.6) is 0 Å². The van der Waals surface area contributed by atoms with Crippen LogP contribution < -0.4 is 15.5 Å². The predicted molar refractivity (Wildman–Crippen MR) is 99.2 cm³/mol. The molecule has 7 heteroatoms. The van der Waals surface area contributed by atoms with Crippen molar-refractivity contribution in [3.05, 3.63) is 35.9 Å². The van der Waals surface area contributed by atoms with Crippen molar-refractivity contribution in [2.45, 2.75) is 45.7 Å². The summed E-state index contributed by atoms with van der Waals surface area (Å²) in [4.78, 5) is 11.4. The molecule has 0 bridgehead atoms. The standard InChI is InChI=1S/C17H23N5OS/c1-12-10-15(22-8-4-3-6-13(22)2)20-16(19-12)21-17(24)18-11-14-7-5-9-23-14/h5,7,9-10,13H,3-4,6,8,11H2,1-2H3,(H2,18,19,20,21,24). The number of rotatable bonds is 4. The van der Waals surface area contributed by atoms with Gasteiger partial charge in [0.1, 0.15) is 11.6 Å². The molecule has 3 heterocycles. The molecule has 3 rings (SSSR count). The maximum absolute atomic E-state index is 5.32. The van der Waals surface area contributed by atoms with Crippen LogP contribution >= 0.6 is 12.2 Å². The SMILES string of the molecule is Cc1cc(N2CCCCC2C)nc(NC(=S)NCc2ccco2)n1. The van der Waals surface area contributed by atoms with Crippen molar-refractivity contribution in [3.63, 3.8) is 0 Å². The normalized spacial score (nSPS) is 17.6. The molecule has 0 radical (unpaired) electrons. The van der Waals surface area contributed by atoms with Gasteiger partial charge in [0.2, 0.25) is 5.95 Å². The number of aromatic nitrogens is 2. The highest BCUT2D eigenvalue weighted by Crippen LogP contribution is 2.24. The first-order valence-electron chi connectivity index (χ1n) is 8.31. The quantitative estimate of drug-likeness (QED) is 0.825. The van der Waals surface area contributed by atoms with Crippen LogP contribution in [0.2, 0.25) is 0 Å². The average molecular weight is 345 g/mol. The Kier molecular flexibility index (Phi) is 5.30. The molecule has 1 aliphatic heterocycles. The number of piperidine rings is 1. The van der Waals surface area contributed by atoms with Crippen molar-refractivity contribution < 1.29 is 4.42 Å². The number of thiocarbonyl (C=S) groups is 1. The van der Waals surface area contributed by atoms with Crippen LogP contribution in [0.3, 0.4) is 0 Å². The summed E-state index contributed by atoms with van der Waals surface area (Å²) in [5.41, 5.74) is 0.925. The van der Waals surface area contributed by atoms with E-state index in [1.54, 1.807) is 6.26 Å². The summed E-state index contributed by atoms with van der Waals surface area (Å²) in [5, 5.41) is 6.64. The van der Waals surface area contributed by atoms with E-state index in [-0.39, 0.29) is 0 Å². The Hall–Kier alpha value is -2.15. The monoisotopic (exact) mass is 345 g/mol. The molecule has 1 saturated heterocycles. The average Bonchev–Trinajstić information content (AvgIpc) is 3.06. The van der Waals surface area contributed by atoms with E-state index in [4.69, 9.17) is 16.6 Å². The van der Waals surface area contributed by atoms with Crippen LogP contribution in [0.4, 0.5) is 11.8 Å². The number of hydrogen-bond acceptors (Lipinski definition) is 5. The molecule has 6 nitrogen and oxygen atoms in total. The minimum absolute atomic E-state index is 0.481. The van der Waals surface area contributed by atoms with Crippen molar-refractivity contribution in [1.82, 2.24) is 15.3 Å². The van der Waals surface area contributed by atoms with Gasteiger partial charge in [0.05, 0.1) is 12.8 Å². The zero-order chi connectivity index (χ0) is 16.9. The fraction of sp³-hybridized carbons (Fsp3) is 0.471. The van der Waals surface area contributed by atoms with Gasteiger partial charge in [0, 0.05) is 24.3 Å². The zero-order valence-electron chi connectivity index (χ0n) is 14.1. The van der Waals surface area contributed by atoms with Crippen LogP contribution in [-0.4, -0.2) is 27.7 Å². The lowest BCUT2D eigenvalue weighted by Crippen LogP contribution is -2.38. The van der Waals surface area contributed by atoms with E-state index in [1.165, 1.54) is 19.3 Å². The largest absolute Gasteiger partial charge is 0.467 e. The highest BCUT2D eigenvalue weighted by molar-refractivity contribution is 7.80. The number of aryl methyl sites for hydroxylation is 1. The van der Waals surface area contributed by atoms with Crippen LogP contribution in [0.15, 0.2) is 28.9 Å². The maximum atomic E-state index is 5.32. The summed E-state index contributed by atoms with van der Waals surface area (Å²) in [6.45, 7) is 5.79. The number of furan rings is 1. The topological polar surface area (TPSA) is 66.2 Å². The van der Waals surface area contributed by atoms with Crippen LogP contribution in [0.1, 0.15) is 37.6 Å². The Labute approximate surface area is 147 Å². The Morgan fingerprint density at radius 1 is 1.42 bits per heavy atom. The molecule has 128 valence electrons. The fourth-order valence-corrected chi connectivity index (χ4v) is 3.08. The molecule has 0 spiro atoms. The van der Waals surface area contributed by atoms with Gasteiger partial charge in [-0.3, -0.25) is 0 Å². The van der Waals surface area contributed by atoms with Gasteiger partial charge in [0.25, 0.3) is 0 Å². The zero-order valence-corrected chi connectivity index (χ0v) is 14.9. The molecule has 2 N–H and O–H groups in total. The number of nitrogens with zero attached hydrogens (tertiary/aromatic N) is 3. The van der Waals surface area contributed by atoms with Crippen molar-refractivity contribution in [3.8, 4) is 0 Å². The van der Waals surface area contributed by atoms with Gasteiger partial charge < -0.3 is 20.0 Å². The van der Waals surface area contributed by atoms with Gasteiger partial charge in [0.15, 0.2) is 5.11 Å². The number of nitrogens with one attached hydrogen (secondary N) is 2. The Balaban J connectivity index is 1.65. The smallest absolute Gasteiger partial charge is 0.231 e. The van der Waals surface area contributed by atoms with Crippen molar-refractivity contribution in [2.24, 2.45) is 0 Å². The highest BCUT2D eigenvalue weighted by Gasteiger charge is 2.20. The van der Waals surface area contributed by atoms with Gasteiger partial charge in [-0.15, -0.1) is 0 Å². The molecule has 0 saturated carbocycles. The lowest BCUT2D eigenvalue weighted by Gasteiger charge is -2.34. The van der Waals surface area contributed by atoms with E-state index in [0.29, 0.717) is 23.6 Å². The summed E-state index contributed by atoms with van der Waals surface area (Å²) < 4.78 is 5.28. The molecule has 1 fully saturated rings. The second-order valence-corrected chi connectivity index (χ2v) is 6.52. The lowest BCUT2D eigenvalue weighted by atomic mass is 10.0. The van der Waals surface area contributed by atoms with E-state index >= 15 is 0 Å². The van der Waals surface area contributed by atoms with Crippen LogP contribution in [0, 0.1) is 6.92 Å². The molecule has 2 aromatic rings. The number of anilines is 2. The molecule has 0 amide bonds. The summed E-state index contributed by atoms with van der Waals surface area (Å²) in [6, 6.07) is 6.29. The van der Waals surface area contributed by atoms with Crippen molar-refractivity contribution >= 4 is 29.1 Å². The molecular weight excluding hydrogens is 322 g/mol. The Morgan fingerprint density at radius 3 is 3.04 bits per heavy atom. The molecule has 0 aliphatic carbocycles. The van der Waals surface area contributed by atoms with Crippen LogP contribution in [-0.2, 0) is 6.54 Å². The van der Waals surface area contributed by atoms with E-state index < -0.39 is 0 Å².